The van der Waals surface area contributed by atoms with E-state index in [1.165, 1.54) is 12.1 Å². The molecule has 3 nitrogen and oxygen atoms in total. The summed E-state index contributed by atoms with van der Waals surface area (Å²) >= 11 is 12.1. The van der Waals surface area contributed by atoms with E-state index in [9.17, 15) is 15.0 Å². The zero-order valence-corrected chi connectivity index (χ0v) is 11.7. The molecule has 0 spiro atoms. The van der Waals surface area contributed by atoms with Crippen LogP contribution in [0.3, 0.4) is 0 Å². The molecule has 0 aliphatic rings. The number of benzene rings is 2. The highest BCUT2D eigenvalue weighted by atomic mass is 35.5. The van der Waals surface area contributed by atoms with Crippen LogP contribution in [0, 0.1) is 0 Å². The average molecular weight is 299 g/mol. The van der Waals surface area contributed by atoms with Crippen LogP contribution in [0.15, 0.2) is 18.2 Å². The number of aldehydes is 1. The van der Waals surface area contributed by atoms with Crippen molar-refractivity contribution in [2.75, 3.05) is 0 Å². The minimum Gasteiger partial charge on any atom is -0.507 e. The Labute approximate surface area is 120 Å². The van der Waals surface area contributed by atoms with E-state index in [0.29, 0.717) is 12.0 Å². The largest absolute Gasteiger partial charge is 0.507 e. The van der Waals surface area contributed by atoms with Crippen molar-refractivity contribution < 1.29 is 15.0 Å². The summed E-state index contributed by atoms with van der Waals surface area (Å²) < 4.78 is 0. The summed E-state index contributed by atoms with van der Waals surface area (Å²) in [6.07, 6.45) is 1.25. The Hall–Kier alpha value is -1.45. The van der Waals surface area contributed by atoms with Gasteiger partial charge in [-0.1, -0.05) is 30.1 Å². The minimum atomic E-state index is -0.495. The molecule has 0 aliphatic heterocycles. The lowest BCUT2D eigenvalue weighted by Gasteiger charge is -2.15. The van der Waals surface area contributed by atoms with Crippen LogP contribution in [0.5, 0.6) is 11.5 Å². The number of hydrogen-bond donors (Lipinski definition) is 2. The highest BCUT2D eigenvalue weighted by Gasteiger charge is 2.20. The van der Waals surface area contributed by atoms with Gasteiger partial charge >= 0.3 is 0 Å². The van der Waals surface area contributed by atoms with Crippen molar-refractivity contribution in [3.63, 3.8) is 0 Å². The van der Waals surface area contributed by atoms with Gasteiger partial charge in [0.2, 0.25) is 0 Å². The van der Waals surface area contributed by atoms with Gasteiger partial charge < -0.3 is 15.0 Å². The highest BCUT2D eigenvalue weighted by Crippen LogP contribution is 2.45. The summed E-state index contributed by atoms with van der Waals surface area (Å²) in [5.74, 6) is -0.708. The lowest BCUT2D eigenvalue weighted by atomic mass is 9.93. The Balaban J connectivity index is 2.89. The molecule has 0 saturated carbocycles. The van der Waals surface area contributed by atoms with Crippen LogP contribution < -0.4 is 0 Å². The van der Waals surface area contributed by atoms with Crippen molar-refractivity contribution in [1.82, 2.24) is 0 Å². The number of phenolic OH excluding ortho intramolecular Hbond substituents is 2. The quantitative estimate of drug-likeness (QED) is 0.658. The molecular weight excluding hydrogens is 287 g/mol. The zero-order valence-electron chi connectivity index (χ0n) is 10.2. The van der Waals surface area contributed by atoms with Gasteiger partial charge in [0.15, 0.2) is 0 Å². The molecule has 100 valence electrons. The summed E-state index contributed by atoms with van der Waals surface area (Å²) in [6.45, 7) is 1.82. The second-order valence-electron chi connectivity index (χ2n) is 4.26. The van der Waals surface area contributed by atoms with Crippen LogP contribution in [-0.2, 0) is 4.79 Å². The van der Waals surface area contributed by atoms with E-state index < -0.39 is 5.92 Å². The third-order valence-electron chi connectivity index (χ3n) is 3.17. The fraction of sp³-hybridized carbons (Fsp3) is 0.214. The van der Waals surface area contributed by atoms with Gasteiger partial charge in [0.25, 0.3) is 0 Å². The lowest BCUT2D eigenvalue weighted by Crippen LogP contribution is -1.99. The highest BCUT2D eigenvalue weighted by molar-refractivity contribution is 6.41. The molecule has 2 N–H and O–H groups in total. The van der Waals surface area contributed by atoms with Crippen LogP contribution in [0.25, 0.3) is 10.8 Å². The van der Waals surface area contributed by atoms with Gasteiger partial charge in [0, 0.05) is 22.3 Å². The maximum Gasteiger partial charge on any atom is 0.129 e. The first-order chi connectivity index (χ1) is 9.01. The van der Waals surface area contributed by atoms with Crippen LogP contribution in [0.1, 0.15) is 24.8 Å². The number of phenols is 2. The number of carbonyl (C=O) groups is 1. The van der Waals surface area contributed by atoms with Crippen molar-refractivity contribution >= 4 is 40.3 Å². The summed E-state index contributed by atoms with van der Waals surface area (Å²) in [5, 5.41) is 21.5. The SMILES string of the molecule is CCC(C=O)c1cc(O)c2c(Cl)ccc(Cl)c2c1O. The van der Waals surface area contributed by atoms with Gasteiger partial charge in [-0.3, -0.25) is 0 Å². The minimum absolute atomic E-state index is 0.101. The summed E-state index contributed by atoms with van der Waals surface area (Å²) in [5.41, 5.74) is 0.353. The topological polar surface area (TPSA) is 57.5 Å². The molecule has 2 aromatic rings. The first-order valence-electron chi connectivity index (χ1n) is 5.79. The van der Waals surface area contributed by atoms with Crippen molar-refractivity contribution in [1.29, 1.82) is 0 Å². The fourth-order valence-electron chi connectivity index (χ4n) is 2.14. The number of carbonyl (C=O) groups excluding carboxylic acids is 1. The maximum atomic E-state index is 11.0. The molecule has 0 fully saturated rings. The molecular formula is C14H12Cl2O3. The Morgan fingerprint density at radius 1 is 1.21 bits per heavy atom. The predicted octanol–water partition coefficient (Wildman–Crippen LogP) is 4.25. The normalized spacial score (nSPS) is 12.6. The summed E-state index contributed by atoms with van der Waals surface area (Å²) in [7, 11) is 0. The first-order valence-corrected chi connectivity index (χ1v) is 6.54. The standard InChI is InChI=1S/C14H12Cl2O3/c1-2-7(6-17)8-5-11(18)12-9(15)3-4-10(16)13(12)14(8)19/h3-7,18-19H,2H2,1H3. The van der Waals surface area contributed by atoms with Crippen LogP contribution in [-0.4, -0.2) is 16.5 Å². The summed E-state index contributed by atoms with van der Waals surface area (Å²) in [4.78, 5) is 11.0. The molecule has 19 heavy (non-hydrogen) atoms. The van der Waals surface area contributed by atoms with Crippen LogP contribution in [0.4, 0.5) is 0 Å². The summed E-state index contributed by atoms with van der Waals surface area (Å²) in [6, 6.07) is 4.45. The number of aromatic hydroxyl groups is 2. The van der Waals surface area contributed by atoms with E-state index in [1.54, 1.807) is 6.07 Å². The molecule has 0 amide bonds. The molecule has 0 bridgehead atoms. The number of halogens is 2. The molecule has 1 unspecified atom stereocenters. The Morgan fingerprint density at radius 2 is 1.79 bits per heavy atom. The van der Waals surface area contributed by atoms with E-state index in [4.69, 9.17) is 23.2 Å². The maximum absolute atomic E-state index is 11.0. The van der Waals surface area contributed by atoms with E-state index in [2.05, 4.69) is 0 Å². The van der Waals surface area contributed by atoms with Gasteiger partial charge in [-0.15, -0.1) is 0 Å². The van der Waals surface area contributed by atoms with Crippen molar-refractivity contribution in [2.45, 2.75) is 19.3 Å². The average Bonchev–Trinajstić information content (AvgIpc) is 2.39. The Morgan fingerprint density at radius 3 is 2.32 bits per heavy atom. The number of rotatable bonds is 3. The van der Waals surface area contributed by atoms with Crippen molar-refractivity contribution in [2.24, 2.45) is 0 Å². The Kier molecular flexibility index (Phi) is 3.88. The molecule has 2 rings (SSSR count). The third kappa shape index (κ3) is 2.24. The number of hydrogen-bond acceptors (Lipinski definition) is 3. The van der Waals surface area contributed by atoms with Crippen LogP contribution in [0.2, 0.25) is 10.0 Å². The Bertz CT molecular complexity index is 653. The van der Waals surface area contributed by atoms with Gasteiger partial charge in [0.1, 0.15) is 17.8 Å². The monoisotopic (exact) mass is 298 g/mol. The van der Waals surface area contributed by atoms with Gasteiger partial charge in [-0.25, -0.2) is 0 Å². The molecule has 1 atom stereocenters. The molecule has 0 radical (unpaired) electrons. The van der Waals surface area contributed by atoms with Crippen molar-refractivity contribution in [3.05, 3.63) is 33.8 Å². The first kappa shape index (κ1) is 14.0. The van der Waals surface area contributed by atoms with Crippen molar-refractivity contribution in [3.8, 4) is 11.5 Å². The third-order valence-corrected chi connectivity index (χ3v) is 3.80. The van der Waals surface area contributed by atoms with Crippen LogP contribution >= 0.6 is 23.2 Å². The second-order valence-corrected chi connectivity index (χ2v) is 5.08. The van der Waals surface area contributed by atoms with E-state index in [1.807, 2.05) is 6.92 Å². The molecule has 0 aliphatic carbocycles. The van der Waals surface area contributed by atoms with Gasteiger partial charge in [-0.2, -0.15) is 0 Å². The van der Waals surface area contributed by atoms with E-state index in [-0.39, 0.29) is 32.3 Å². The molecule has 5 heteroatoms. The molecule has 0 saturated heterocycles. The smallest absolute Gasteiger partial charge is 0.129 e. The molecule has 0 aromatic heterocycles. The molecule has 0 heterocycles. The predicted molar refractivity (Wildman–Crippen MR) is 76.4 cm³/mol. The molecule has 2 aromatic carbocycles. The van der Waals surface area contributed by atoms with Gasteiger partial charge in [0.05, 0.1) is 10.0 Å². The number of fused-ring (bicyclic) bond motifs is 1. The fourth-order valence-corrected chi connectivity index (χ4v) is 2.64. The van der Waals surface area contributed by atoms with Gasteiger partial charge in [-0.05, 0) is 24.6 Å². The zero-order chi connectivity index (χ0) is 14.2. The van der Waals surface area contributed by atoms with E-state index >= 15 is 0 Å². The van der Waals surface area contributed by atoms with E-state index in [0.717, 1.165) is 6.29 Å². The lowest BCUT2D eigenvalue weighted by molar-refractivity contribution is -0.109. The second kappa shape index (κ2) is 5.27.